The molecule has 120 valence electrons. The lowest BCUT2D eigenvalue weighted by molar-refractivity contribution is -0.145. The van der Waals surface area contributed by atoms with Gasteiger partial charge in [-0.05, 0) is 25.0 Å². The Morgan fingerprint density at radius 3 is 2.45 bits per heavy atom. The van der Waals surface area contributed by atoms with Gasteiger partial charge in [0.2, 0.25) is 5.91 Å². The van der Waals surface area contributed by atoms with Gasteiger partial charge in [-0.1, -0.05) is 6.07 Å². The second-order valence-electron chi connectivity index (χ2n) is 5.34. The van der Waals surface area contributed by atoms with Crippen molar-refractivity contribution in [3.63, 3.8) is 0 Å². The molecule has 1 atom stereocenters. The molecule has 6 heteroatoms. The number of methoxy groups -OCH3 is 2. The van der Waals surface area contributed by atoms with E-state index in [4.69, 9.17) is 14.6 Å². The van der Waals surface area contributed by atoms with Crippen LogP contribution in [0.15, 0.2) is 18.2 Å². The van der Waals surface area contributed by atoms with Crippen molar-refractivity contribution in [2.24, 2.45) is 5.92 Å². The fourth-order valence-corrected chi connectivity index (χ4v) is 2.77. The van der Waals surface area contributed by atoms with Gasteiger partial charge in [0.05, 0.1) is 26.6 Å². The number of amides is 1. The van der Waals surface area contributed by atoms with Crippen molar-refractivity contribution >= 4 is 11.9 Å². The highest BCUT2D eigenvalue weighted by molar-refractivity contribution is 5.81. The molecule has 6 nitrogen and oxygen atoms in total. The zero-order valence-electron chi connectivity index (χ0n) is 12.9. The van der Waals surface area contributed by atoms with E-state index in [0.717, 1.165) is 0 Å². The Morgan fingerprint density at radius 2 is 1.91 bits per heavy atom. The van der Waals surface area contributed by atoms with Gasteiger partial charge in [0.25, 0.3) is 0 Å². The van der Waals surface area contributed by atoms with Gasteiger partial charge in [0.1, 0.15) is 11.5 Å². The largest absolute Gasteiger partial charge is 0.496 e. The molecule has 1 unspecified atom stereocenters. The van der Waals surface area contributed by atoms with Crippen molar-refractivity contribution in [2.45, 2.75) is 19.3 Å². The molecule has 1 aliphatic heterocycles. The molecular weight excluding hydrogens is 286 g/mol. The molecule has 1 amide bonds. The van der Waals surface area contributed by atoms with Gasteiger partial charge in [0.15, 0.2) is 0 Å². The van der Waals surface area contributed by atoms with Crippen LogP contribution in [0.2, 0.25) is 0 Å². The zero-order valence-corrected chi connectivity index (χ0v) is 12.9. The molecule has 1 saturated heterocycles. The number of likely N-dealkylation sites (tertiary alicyclic amines) is 1. The van der Waals surface area contributed by atoms with Gasteiger partial charge < -0.3 is 19.5 Å². The van der Waals surface area contributed by atoms with Gasteiger partial charge in [-0.3, -0.25) is 9.59 Å². The average Bonchev–Trinajstić information content (AvgIpc) is 2.55. The Labute approximate surface area is 129 Å². The molecule has 0 spiro atoms. The summed E-state index contributed by atoms with van der Waals surface area (Å²) in [5.41, 5.74) is 0.690. The van der Waals surface area contributed by atoms with Crippen LogP contribution in [0.5, 0.6) is 11.5 Å². The Balaban J connectivity index is 2.13. The number of rotatable bonds is 5. The highest BCUT2D eigenvalue weighted by Crippen LogP contribution is 2.29. The Bertz CT molecular complexity index is 535. The number of aliphatic carboxylic acids is 1. The van der Waals surface area contributed by atoms with Crippen LogP contribution in [0, 0.1) is 5.92 Å². The monoisotopic (exact) mass is 307 g/mol. The minimum Gasteiger partial charge on any atom is -0.496 e. The van der Waals surface area contributed by atoms with Crippen LogP contribution < -0.4 is 9.47 Å². The van der Waals surface area contributed by atoms with E-state index in [9.17, 15) is 9.59 Å². The topological polar surface area (TPSA) is 76.1 Å². The van der Waals surface area contributed by atoms with E-state index < -0.39 is 11.9 Å². The number of nitrogens with zero attached hydrogens (tertiary/aromatic N) is 1. The zero-order chi connectivity index (χ0) is 16.1. The first-order valence-electron chi connectivity index (χ1n) is 7.27. The van der Waals surface area contributed by atoms with Crippen LogP contribution in [0.3, 0.4) is 0 Å². The third-order valence-corrected chi connectivity index (χ3v) is 3.98. The number of piperidine rings is 1. The first-order valence-corrected chi connectivity index (χ1v) is 7.27. The summed E-state index contributed by atoms with van der Waals surface area (Å²) in [6, 6.07) is 5.36. The van der Waals surface area contributed by atoms with Gasteiger partial charge in [-0.15, -0.1) is 0 Å². The highest BCUT2D eigenvalue weighted by Gasteiger charge is 2.28. The molecule has 1 N–H and O–H groups in total. The van der Waals surface area contributed by atoms with Crippen LogP contribution in [-0.2, 0) is 16.0 Å². The van der Waals surface area contributed by atoms with Gasteiger partial charge >= 0.3 is 5.97 Å². The van der Waals surface area contributed by atoms with Crippen LogP contribution in [-0.4, -0.2) is 49.2 Å². The predicted octanol–water partition coefficient (Wildman–Crippen LogP) is 1.57. The normalized spacial score (nSPS) is 17.9. The smallest absolute Gasteiger partial charge is 0.308 e. The van der Waals surface area contributed by atoms with Crippen LogP contribution in [0.25, 0.3) is 0 Å². The predicted molar refractivity (Wildman–Crippen MR) is 80.2 cm³/mol. The standard InChI is InChI=1S/C16H21NO5/c1-21-13-6-3-7-14(22-2)12(13)9-15(18)17-8-4-5-11(10-17)16(19)20/h3,6-7,11H,4-5,8-10H2,1-2H3,(H,19,20). The summed E-state index contributed by atoms with van der Waals surface area (Å²) in [6.45, 7) is 0.867. The van der Waals surface area contributed by atoms with E-state index in [-0.39, 0.29) is 18.9 Å². The number of ether oxygens (including phenoxy) is 2. The maximum atomic E-state index is 12.5. The molecule has 1 aliphatic rings. The molecule has 2 rings (SSSR count). The second-order valence-corrected chi connectivity index (χ2v) is 5.34. The summed E-state index contributed by atoms with van der Waals surface area (Å²) in [4.78, 5) is 25.2. The Morgan fingerprint density at radius 1 is 1.27 bits per heavy atom. The van der Waals surface area contributed by atoms with E-state index in [0.29, 0.717) is 36.4 Å². The lowest BCUT2D eigenvalue weighted by Gasteiger charge is -2.31. The summed E-state index contributed by atoms with van der Waals surface area (Å²) in [5.74, 6) is -0.225. The van der Waals surface area contributed by atoms with E-state index in [1.54, 1.807) is 37.3 Å². The van der Waals surface area contributed by atoms with Crippen molar-refractivity contribution in [2.75, 3.05) is 27.3 Å². The van der Waals surface area contributed by atoms with Gasteiger partial charge in [0, 0.05) is 18.7 Å². The number of carbonyl (C=O) groups excluding carboxylic acids is 1. The van der Waals surface area contributed by atoms with Crippen molar-refractivity contribution < 1.29 is 24.2 Å². The number of carboxylic acid groups (broad SMARTS) is 1. The molecule has 0 bridgehead atoms. The number of carbonyl (C=O) groups is 2. The first kappa shape index (κ1) is 16.1. The SMILES string of the molecule is COc1cccc(OC)c1CC(=O)N1CCCC(C(=O)O)C1. The molecule has 22 heavy (non-hydrogen) atoms. The maximum Gasteiger partial charge on any atom is 0.308 e. The molecule has 1 heterocycles. The van der Waals surface area contributed by atoms with Crippen molar-refractivity contribution in [3.05, 3.63) is 23.8 Å². The number of hydrogen-bond donors (Lipinski definition) is 1. The molecule has 0 aromatic heterocycles. The third-order valence-electron chi connectivity index (χ3n) is 3.98. The lowest BCUT2D eigenvalue weighted by Crippen LogP contribution is -2.43. The van der Waals surface area contributed by atoms with Gasteiger partial charge in [-0.2, -0.15) is 0 Å². The van der Waals surface area contributed by atoms with E-state index in [2.05, 4.69) is 0 Å². The number of hydrogen-bond acceptors (Lipinski definition) is 4. The molecule has 0 saturated carbocycles. The minimum absolute atomic E-state index is 0.103. The first-order chi connectivity index (χ1) is 10.6. The van der Waals surface area contributed by atoms with Crippen LogP contribution >= 0.6 is 0 Å². The molecule has 0 aliphatic carbocycles. The molecule has 0 radical (unpaired) electrons. The summed E-state index contributed by atoms with van der Waals surface area (Å²) in [6.07, 6.45) is 1.47. The average molecular weight is 307 g/mol. The quantitative estimate of drug-likeness (QED) is 0.893. The minimum atomic E-state index is -0.840. The van der Waals surface area contributed by atoms with E-state index >= 15 is 0 Å². The second kappa shape index (κ2) is 7.15. The maximum absolute atomic E-state index is 12.5. The van der Waals surface area contributed by atoms with Crippen LogP contribution in [0.4, 0.5) is 0 Å². The molecular formula is C16H21NO5. The summed E-state index contributed by atoms with van der Waals surface area (Å²) in [5, 5.41) is 9.11. The van der Waals surface area contributed by atoms with E-state index in [1.807, 2.05) is 0 Å². The lowest BCUT2D eigenvalue weighted by atomic mass is 9.97. The Hall–Kier alpha value is -2.24. The molecule has 1 aromatic carbocycles. The van der Waals surface area contributed by atoms with E-state index in [1.165, 1.54) is 0 Å². The number of benzene rings is 1. The third kappa shape index (κ3) is 3.50. The summed E-state index contributed by atoms with van der Waals surface area (Å²) in [7, 11) is 3.09. The molecule has 1 fully saturated rings. The van der Waals surface area contributed by atoms with Crippen molar-refractivity contribution in [1.29, 1.82) is 0 Å². The highest BCUT2D eigenvalue weighted by atomic mass is 16.5. The summed E-state index contributed by atoms with van der Waals surface area (Å²) < 4.78 is 10.6. The van der Waals surface area contributed by atoms with Gasteiger partial charge in [-0.25, -0.2) is 0 Å². The fraction of sp³-hybridized carbons (Fsp3) is 0.500. The van der Waals surface area contributed by atoms with Crippen molar-refractivity contribution in [1.82, 2.24) is 4.90 Å². The Kier molecular flexibility index (Phi) is 5.25. The fourth-order valence-electron chi connectivity index (χ4n) is 2.77. The van der Waals surface area contributed by atoms with Crippen LogP contribution in [0.1, 0.15) is 18.4 Å². The van der Waals surface area contributed by atoms with Crippen molar-refractivity contribution in [3.8, 4) is 11.5 Å². The summed E-state index contributed by atoms with van der Waals surface area (Å²) >= 11 is 0. The molecule has 1 aromatic rings. The number of carboxylic acids is 1.